The number of benzene rings is 1. The minimum atomic E-state index is -1.57. The lowest BCUT2D eigenvalue weighted by Gasteiger charge is -2.03. The molecule has 1 amide bonds. The van der Waals surface area contributed by atoms with Crippen LogP contribution in [0.5, 0.6) is 0 Å². The van der Waals surface area contributed by atoms with Crippen molar-refractivity contribution in [3.63, 3.8) is 0 Å². The normalized spacial score (nSPS) is 19.3. The third kappa shape index (κ3) is 4.65. The fourth-order valence-electron chi connectivity index (χ4n) is 1.85. The Morgan fingerprint density at radius 1 is 1.48 bits per heavy atom. The average Bonchev–Trinajstić information content (AvgIpc) is 2.80. The summed E-state index contributed by atoms with van der Waals surface area (Å²) in [5.74, 6) is -1.47. The first-order chi connectivity index (χ1) is 10.9. The van der Waals surface area contributed by atoms with Gasteiger partial charge in [-0.2, -0.15) is 5.10 Å². The van der Waals surface area contributed by atoms with E-state index in [1.165, 1.54) is 6.21 Å². The zero-order valence-electron chi connectivity index (χ0n) is 12.1. The zero-order chi connectivity index (χ0) is 17.0. The summed E-state index contributed by atoms with van der Waals surface area (Å²) in [5, 5.41) is 36.7. The Morgan fingerprint density at radius 3 is 2.87 bits per heavy atom. The van der Waals surface area contributed by atoms with E-state index in [-0.39, 0.29) is 11.6 Å². The van der Waals surface area contributed by atoms with Crippen LogP contribution < -0.4 is 10.8 Å². The topological polar surface area (TPSA) is 132 Å². The molecule has 0 radical (unpaired) electrons. The minimum absolute atomic E-state index is 0.230. The zero-order valence-corrected chi connectivity index (χ0v) is 12.9. The average molecular weight is 335 g/mol. The highest BCUT2D eigenvalue weighted by molar-refractivity contribution is 8.15. The Bertz CT molecular complexity index is 692. The quantitative estimate of drug-likeness (QED) is 0.312. The highest BCUT2D eigenvalue weighted by Crippen LogP contribution is 2.22. The minimum Gasteiger partial charge on any atom is -0.481 e. The molecule has 0 aromatic heterocycles. The first kappa shape index (κ1) is 17.2. The van der Waals surface area contributed by atoms with Crippen molar-refractivity contribution in [3.8, 4) is 0 Å². The summed E-state index contributed by atoms with van der Waals surface area (Å²) >= 11 is 1.01. The predicted octanol–water partition coefficient (Wildman–Crippen LogP) is -0.929. The molecule has 1 unspecified atom stereocenters. The molecule has 4 N–H and O–H groups in total. The van der Waals surface area contributed by atoms with E-state index in [1.54, 1.807) is 18.2 Å². The van der Waals surface area contributed by atoms with Crippen molar-refractivity contribution in [2.75, 3.05) is 0 Å². The number of carboxylic acids is 1. The van der Waals surface area contributed by atoms with E-state index >= 15 is 0 Å². The molecule has 0 spiro atoms. The van der Waals surface area contributed by atoms with Crippen LogP contribution >= 0.6 is 11.8 Å². The molecule has 1 fully saturated rings. The Hall–Kier alpha value is -2.17. The second-order valence-corrected chi connectivity index (χ2v) is 6.02. The van der Waals surface area contributed by atoms with E-state index in [1.807, 2.05) is 6.92 Å². The number of carbonyl (C=O) groups is 2. The van der Waals surface area contributed by atoms with E-state index in [0.717, 1.165) is 17.3 Å². The molecule has 1 aromatic rings. The lowest BCUT2D eigenvalue weighted by molar-refractivity contribution is -0.138. The molecule has 0 saturated carbocycles. The van der Waals surface area contributed by atoms with Crippen LogP contribution in [0, 0.1) is 6.92 Å². The third-order valence-corrected chi connectivity index (χ3v) is 4.16. The molecular formula is C13H14BN3O5S. The summed E-state index contributed by atoms with van der Waals surface area (Å²) in [5.41, 5.74) is 1.84. The number of aliphatic carboxylic acids is 1. The van der Waals surface area contributed by atoms with Crippen LogP contribution in [0.15, 0.2) is 28.4 Å². The Balaban J connectivity index is 2.08. The summed E-state index contributed by atoms with van der Waals surface area (Å²) in [6, 6.07) is 4.88. The number of hydrogen-bond donors (Lipinski definition) is 4. The summed E-state index contributed by atoms with van der Waals surface area (Å²) in [6.07, 6.45) is 1.14. The highest BCUT2D eigenvalue weighted by atomic mass is 32.2. The molecule has 1 aliphatic heterocycles. The van der Waals surface area contributed by atoms with Crippen LogP contribution in [0.25, 0.3) is 0 Å². The van der Waals surface area contributed by atoms with E-state index in [9.17, 15) is 9.59 Å². The van der Waals surface area contributed by atoms with E-state index in [2.05, 4.69) is 15.5 Å². The van der Waals surface area contributed by atoms with Gasteiger partial charge in [0.05, 0.1) is 12.6 Å². The molecule has 23 heavy (non-hydrogen) atoms. The number of amidine groups is 1. The second kappa shape index (κ2) is 7.40. The van der Waals surface area contributed by atoms with Crippen molar-refractivity contribution >= 4 is 47.6 Å². The van der Waals surface area contributed by atoms with Crippen molar-refractivity contribution in [3.05, 3.63) is 29.3 Å². The number of rotatable bonds is 5. The van der Waals surface area contributed by atoms with Crippen LogP contribution in [-0.2, 0) is 9.59 Å². The smallest absolute Gasteiger partial charge is 0.481 e. The summed E-state index contributed by atoms with van der Waals surface area (Å²) in [4.78, 5) is 22.2. The van der Waals surface area contributed by atoms with Gasteiger partial charge < -0.3 is 20.5 Å². The maximum atomic E-state index is 11.5. The first-order valence-corrected chi connectivity index (χ1v) is 7.52. The summed E-state index contributed by atoms with van der Waals surface area (Å²) in [6.45, 7) is 1.83. The lowest BCUT2D eigenvalue weighted by atomic mass is 9.79. The van der Waals surface area contributed by atoms with Crippen LogP contribution in [0.1, 0.15) is 17.5 Å². The first-order valence-electron chi connectivity index (χ1n) is 6.64. The predicted molar refractivity (Wildman–Crippen MR) is 87.8 cm³/mol. The lowest BCUT2D eigenvalue weighted by Crippen LogP contribution is -2.30. The van der Waals surface area contributed by atoms with E-state index in [4.69, 9.17) is 15.2 Å². The molecule has 0 bridgehead atoms. The molecule has 1 heterocycles. The molecular weight excluding hydrogens is 321 g/mol. The van der Waals surface area contributed by atoms with Crippen LogP contribution in [-0.4, -0.2) is 50.8 Å². The Kier molecular flexibility index (Phi) is 5.53. The van der Waals surface area contributed by atoms with Gasteiger partial charge in [0.2, 0.25) is 5.91 Å². The van der Waals surface area contributed by atoms with Gasteiger partial charge in [-0.15, -0.1) is 5.10 Å². The van der Waals surface area contributed by atoms with E-state index in [0.29, 0.717) is 11.0 Å². The molecule has 1 atom stereocenters. The summed E-state index contributed by atoms with van der Waals surface area (Å²) < 4.78 is 0. The number of carboxylic acid groups (broad SMARTS) is 1. The van der Waals surface area contributed by atoms with Crippen molar-refractivity contribution in [1.29, 1.82) is 0 Å². The van der Waals surface area contributed by atoms with Gasteiger partial charge in [-0.1, -0.05) is 30.0 Å². The van der Waals surface area contributed by atoms with E-state index < -0.39 is 24.2 Å². The van der Waals surface area contributed by atoms with Crippen LogP contribution in [0.4, 0.5) is 0 Å². The molecule has 1 aliphatic rings. The van der Waals surface area contributed by atoms with Crippen LogP contribution in [0.2, 0.25) is 0 Å². The van der Waals surface area contributed by atoms with Crippen molar-refractivity contribution in [1.82, 2.24) is 5.32 Å². The number of thioether (sulfide) groups is 1. The molecule has 8 nitrogen and oxygen atoms in total. The van der Waals surface area contributed by atoms with Gasteiger partial charge in [0.25, 0.3) is 0 Å². The fourth-order valence-corrected chi connectivity index (χ4v) is 2.76. The van der Waals surface area contributed by atoms with Gasteiger partial charge in [-0.3, -0.25) is 9.59 Å². The molecule has 10 heteroatoms. The van der Waals surface area contributed by atoms with Gasteiger partial charge in [0, 0.05) is 0 Å². The molecule has 120 valence electrons. The number of amides is 1. The number of carbonyl (C=O) groups excluding carboxylic acids is 1. The Morgan fingerprint density at radius 2 is 2.22 bits per heavy atom. The highest BCUT2D eigenvalue weighted by Gasteiger charge is 2.32. The van der Waals surface area contributed by atoms with Gasteiger partial charge in [-0.25, -0.2) is 0 Å². The van der Waals surface area contributed by atoms with Gasteiger partial charge in [-0.05, 0) is 23.5 Å². The van der Waals surface area contributed by atoms with Crippen LogP contribution in [0.3, 0.4) is 0 Å². The third-order valence-electron chi connectivity index (χ3n) is 3.08. The standard InChI is InChI=1S/C13H14BN3O5S/c1-7-2-3-9(14(21)22)4-8(7)6-15-17-13-16-12(20)10(23-13)5-11(18)19/h2-4,6,10,21-22H,5H2,1H3,(H,18,19)(H,16,17,20). The van der Waals surface area contributed by atoms with Gasteiger partial charge >= 0.3 is 13.1 Å². The van der Waals surface area contributed by atoms with Gasteiger partial charge in [0.1, 0.15) is 5.25 Å². The number of nitrogens with zero attached hydrogens (tertiary/aromatic N) is 2. The molecule has 0 aliphatic carbocycles. The number of aryl methyl sites for hydroxylation is 1. The molecule has 1 saturated heterocycles. The number of nitrogens with one attached hydrogen (secondary N) is 1. The maximum Gasteiger partial charge on any atom is 0.488 e. The Labute approximate surface area is 136 Å². The number of hydrogen-bond acceptors (Lipinski definition) is 7. The molecule has 2 rings (SSSR count). The monoisotopic (exact) mass is 335 g/mol. The molecule has 1 aromatic carbocycles. The SMILES string of the molecule is Cc1ccc(B(O)O)cc1C=NN=C1NC(=O)C(CC(=O)O)S1. The van der Waals surface area contributed by atoms with Crippen molar-refractivity contribution < 1.29 is 24.7 Å². The maximum absolute atomic E-state index is 11.5. The fraction of sp³-hybridized carbons (Fsp3) is 0.231. The van der Waals surface area contributed by atoms with Gasteiger partial charge in [0.15, 0.2) is 5.17 Å². The summed E-state index contributed by atoms with van der Waals surface area (Å²) in [7, 11) is -1.57. The second-order valence-electron chi connectivity index (χ2n) is 4.83. The van der Waals surface area contributed by atoms with Crippen molar-refractivity contribution in [2.45, 2.75) is 18.6 Å². The largest absolute Gasteiger partial charge is 0.488 e. The van der Waals surface area contributed by atoms with Crippen molar-refractivity contribution in [2.24, 2.45) is 10.2 Å².